The summed E-state index contributed by atoms with van der Waals surface area (Å²) in [7, 11) is 1.52. The molecule has 1 atom stereocenters. The van der Waals surface area contributed by atoms with Crippen LogP contribution >= 0.6 is 11.8 Å². The van der Waals surface area contributed by atoms with Crippen LogP contribution in [0.4, 0.5) is 5.82 Å². The molecule has 1 amide bonds. The van der Waals surface area contributed by atoms with Crippen molar-refractivity contribution in [2.75, 3.05) is 24.8 Å². The Morgan fingerprint density at radius 2 is 2.18 bits per heavy atom. The van der Waals surface area contributed by atoms with Crippen molar-refractivity contribution in [1.29, 1.82) is 0 Å². The number of amides is 1. The molecule has 1 aliphatic heterocycles. The van der Waals surface area contributed by atoms with Gasteiger partial charge in [0.25, 0.3) is 5.56 Å². The predicted molar refractivity (Wildman–Crippen MR) is 108 cm³/mol. The van der Waals surface area contributed by atoms with E-state index >= 15 is 0 Å². The molecular weight excluding hydrogens is 378 g/mol. The van der Waals surface area contributed by atoms with Crippen LogP contribution in [0, 0.1) is 12.3 Å². The molecule has 0 fully saturated rings. The van der Waals surface area contributed by atoms with Crippen molar-refractivity contribution < 1.29 is 14.3 Å². The lowest BCUT2D eigenvalue weighted by atomic mass is 9.86. The van der Waals surface area contributed by atoms with Gasteiger partial charge >= 0.3 is 0 Å². The number of hydrogen-bond acceptors (Lipinski definition) is 6. The molecule has 146 valence electrons. The molecule has 0 saturated heterocycles. The Balaban J connectivity index is 2.01. The molecule has 2 N–H and O–H groups in total. The number of aromatic amines is 1. The molecule has 2 aromatic rings. The lowest BCUT2D eigenvalue weighted by molar-refractivity contribution is -0.116. The summed E-state index contributed by atoms with van der Waals surface area (Å²) in [5.41, 5.74) is 0.960. The standard InChI is InChI=1S/C20H21N3O4S/c1-4-8-27-14-7-6-12(10-15(14)26-3)13-11-16(24)21-18-17(13)19(25)23-20(22-18)28-9-5-2/h1,6-7,10,13H,5,8-9,11H2,2-3H3,(H2,21,22,23,24,25). The van der Waals surface area contributed by atoms with Crippen LogP contribution in [0.2, 0.25) is 0 Å². The quantitative estimate of drug-likeness (QED) is 0.422. The molecule has 1 aliphatic rings. The zero-order valence-electron chi connectivity index (χ0n) is 15.7. The van der Waals surface area contributed by atoms with Gasteiger partial charge in [-0.1, -0.05) is 30.7 Å². The molecule has 8 heteroatoms. The summed E-state index contributed by atoms with van der Waals surface area (Å²) in [5, 5.41) is 3.23. The maximum Gasteiger partial charge on any atom is 0.257 e. The highest BCUT2D eigenvalue weighted by Gasteiger charge is 2.31. The lowest BCUT2D eigenvalue weighted by Gasteiger charge is -2.25. The third-order valence-corrected chi connectivity index (χ3v) is 5.35. The normalized spacial score (nSPS) is 15.3. The number of ether oxygens (including phenoxy) is 2. The van der Waals surface area contributed by atoms with Crippen LogP contribution in [-0.4, -0.2) is 35.3 Å². The predicted octanol–water partition coefficient (Wildman–Crippen LogP) is 2.77. The Morgan fingerprint density at radius 3 is 2.89 bits per heavy atom. The zero-order valence-corrected chi connectivity index (χ0v) is 16.5. The fourth-order valence-corrected chi connectivity index (χ4v) is 3.76. The van der Waals surface area contributed by atoms with Crippen molar-refractivity contribution in [3.63, 3.8) is 0 Å². The Labute approximate surface area is 167 Å². The number of thioether (sulfide) groups is 1. The van der Waals surface area contributed by atoms with E-state index in [9.17, 15) is 9.59 Å². The number of nitrogens with one attached hydrogen (secondary N) is 2. The Kier molecular flexibility index (Phi) is 6.26. The van der Waals surface area contributed by atoms with Crippen molar-refractivity contribution in [2.24, 2.45) is 0 Å². The number of benzene rings is 1. The van der Waals surface area contributed by atoms with E-state index in [1.807, 2.05) is 6.92 Å². The first kappa shape index (κ1) is 19.8. The third kappa shape index (κ3) is 4.15. The van der Waals surface area contributed by atoms with E-state index in [2.05, 4.69) is 21.2 Å². The summed E-state index contributed by atoms with van der Waals surface area (Å²) in [5.74, 6) is 3.92. The molecule has 0 aliphatic carbocycles. The molecule has 1 unspecified atom stereocenters. The third-order valence-electron chi connectivity index (χ3n) is 4.27. The summed E-state index contributed by atoms with van der Waals surface area (Å²) in [6.45, 7) is 2.16. The van der Waals surface area contributed by atoms with E-state index in [1.54, 1.807) is 18.2 Å². The number of aromatic nitrogens is 2. The first-order valence-electron chi connectivity index (χ1n) is 8.88. The minimum absolute atomic E-state index is 0.117. The van der Waals surface area contributed by atoms with E-state index in [-0.39, 0.29) is 24.5 Å². The van der Waals surface area contributed by atoms with Crippen molar-refractivity contribution >= 4 is 23.5 Å². The number of nitrogens with zero attached hydrogens (tertiary/aromatic N) is 1. The molecule has 3 rings (SSSR count). The number of anilines is 1. The minimum Gasteiger partial charge on any atom is -0.493 e. The first-order valence-corrected chi connectivity index (χ1v) is 9.87. The van der Waals surface area contributed by atoms with Crippen LogP contribution in [0.5, 0.6) is 11.5 Å². The Bertz CT molecular complexity index is 980. The second-order valence-electron chi connectivity index (χ2n) is 6.19. The van der Waals surface area contributed by atoms with Crippen LogP contribution < -0.4 is 20.3 Å². The minimum atomic E-state index is -0.430. The van der Waals surface area contributed by atoms with Crippen LogP contribution in [0.15, 0.2) is 28.2 Å². The molecule has 7 nitrogen and oxygen atoms in total. The largest absolute Gasteiger partial charge is 0.493 e. The SMILES string of the molecule is C#CCOc1ccc(C2CC(=O)Nc3nc(SCCC)[nH]c(=O)c32)cc1OC. The van der Waals surface area contributed by atoms with Gasteiger partial charge in [0.05, 0.1) is 12.7 Å². The van der Waals surface area contributed by atoms with Crippen molar-refractivity contribution in [1.82, 2.24) is 9.97 Å². The monoisotopic (exact) mass is 399 g/mol. The van der Waals surface area contributed by atoms with Gasteiger partial charge < -0.3 is 19.8 Å². The maximum atomic E-state index is 12.8. The van der Waals surface area contributed by atoms with Gasteiger partial charge in [0, 0.05) is 18.1 Å². The number of terminal acetylenes is 1. The molecule has 1 aromatic carbocycles. The van der Waals surface area contributed by atoms with Gasteiger partial charge in [0.15, 0.2) is 16.7 Å². The maximum absolute atomic E-state index is 12.8. The summed E-state index contributed by atoms with van der Waals surface area (Å²) in [6.07, 6.45) is 6.33. The van der Waals surface area contributed by atoms with E-state index in [0.717, 1.165) is 17.7 Å². The highest BCUT2D eigenvalue weighted by molar-refractivity contribution is 7.99. The molecule has 0 bridgehead atoms. The lowest BCUT2D eigenvalue weighted by Crippen LogP contribution is -2.31. The number of carbonyl (C=O) groups is 1. The first-order chi connectivity index (χ1) is 13.6. The van der Waals surface area contributed by atoms with Crippen LogP contribution in [-0.2, 0) is 4.79 Å². The smallest absolute Gasteiger partial charge is 0.257 e. The van der Waals surface area contributed by atoms with Crippen LogP contribution in [0.1, 0.15) is 36.8 Å². The molecule has 1 aromatic heterocycles. The Morgan fingerprint density at radius 1 is 1.36 bits per heavy atom. The fraction of sp³-hybridized carbons (Fsp3) is 0.350. The summed E-state index contributed by atoms with van der Waals surface area (Å²) in [4.78, 5) is 32.3. The fourth-order valence-electron chi connectivity index (χ4n) is 3.04. The van der Waals surface area contributed by atoms with E-state index in [4.69, 9.17) is 15.9 Å². The van der Waals surface area contributed by atoms with E-state index in [0.29, 0.717) is 28.0 Å². The second kappa shape index (κ2) is 8.85. The van der Waals surface area contributed by atoms with Crippen LogP contribution in [0.3, 0.4) is 0 Å². The molecule has 0 spiro atoms. The highest BCUT2D eigenvalue weighted by atomic mass is 32.2. The summed E-state index contributed by atoms with van der Waals surface area (Å²) >= 11 is 1.45. The van der Waals surface area contributed by atoms with Crippen molar-refractivity contribution in [3.8, 4) is 23.8 Å². The number of carbonyl (C=O) groups excluding carboxylic acids is 1. The number of rotatable bonds is 7. The topological polar surface area (TPSA) is 93.3 Å². The van der Waals surface area contributed by atoms with Gasteiger partial charge in [-0.2, -0.15) is 0 Å². The summed E-state index contributed by atoms with van der Waals surface area (Å²) < 4.78 is 10.8. The molecule has 28 heavy (non-hydrogen) atoms. The van der Waals surface area contributed by atoms with Gasteiger partial charge in [-0.05, 0) is 24.1 Å². The van der Waals surface area contributed by atoms with Crippen molar-refractivity contribution in [2.45, 2.75) is 30.8 Å². The Hall–Kier alpha value is -2.92. The van der Waals surface area contributed by atoms with Gasteiger partial charge in [-0.3, -0.25) is 9.59 Å². The highest BCUT2D eigenvalue weighted by Crippen LogP contribution is 2.38. The molecule has 0 radical (unpaired) electrons. The van der Waals surface area contributed by atoms with Gasteiger partial charge in [-0.15, -0.1) is 6.42 Å². The molecule has 2 heterocycles. The van der Waals surface area contributed by atoms with Gasteiger partial charge in [0.1, 0.15) is 12.4 Å². The molecular formula is C20H21N3O4S. The van der Waals surface area contributed by atoms with E-state index < -0.39 is 5.92 Å². The average Bonchev–Trinajstić information content (AvgIpc) is 2.69. The molecule has 0 saturated carbocycles. The number of hydrogen-bond donors (Lipinski definition) is 2. The average molecular weight is 399 g/mol. The summed E-state index contributed by atoms with van der Waals surface area (Å²) in [6, 6.07) is 5.30. The van der Waals surface area contributed by atoms with Crippen molar-refractivity contribution in [3.05, 3.63) is 39.7 Å². The van der Waals surface area contributed by atoms with E-state index in [1.165, 1.54) is 18.9 Å². The number of fused-ring (bicyclic) bond motifs is 1. The number of H-pyrrole nitrogens is 1. The second-order valence-corrected chi connectivity index (χ2v) is 7.27. The van der Waals surface area contributed by atoms with Crippen LogP contribution in [0.25, 0.3) is 0 Å². The zero-order chi connectivity index (χ0) is 20.1. The van der Waals surface area contributed by atoms with Gasteiger partial charge in [0.2, 0.25) is 5.91 Å². The van der Waals surface area contributed by atoms with Gasteiger partial charge in [-0.25, -0.2) is 4.98 Å². The number of methoxy groups -OCH3 is 1.